The highest BCUT2D eigenvalue weighted by atomic mass is 79.9. The SMILES string of the molecule is CCOc1cc(C=O)cc(Br)c1OC(C)C(N)=O. The number of primary amides is 1. The first-order valence-electron chi connectivity index (χ1n) is 5.37. The molecule has 0 saturated heterocycles. The van der Waals surface area contributed by atoms with Crippen molar-refractivity contribution >= 4 is 28.1 Å². The third-order valence-electron chi connectivity index (χ3n) is 2.16. The Hall–Kier alpha value is -1.56. The molecule has 1 unspecified atom stereocenters. The molecule has 5 nitrogen and oxygen atoms in total. The van der Waals surface area contributed by atoms with Gasteiger partial charge in [-0.2, -0.15) is 0 Å². The Labute approximate surface area is 113 Å². The van der Waals surface area contributed by atoms with Crippen LogP contribution < -0.4 is 15.2 Å². The number of benzene rings is 1. The molecule has 1 aromatic carbocycles. The van der Waals surface area contributed by atoms with Crippen molar-refractivity contribution in [2.75, 3.05) is 6.61 Å². The van der Waals surface area contributed by atoms with Crippen LogP contribution in [0.25, 0.3) is 0 Å². The molecule has 0 fully saturated rings. The van der Waals surface area contributed by atoms with Gasteiger partial charge in [0.05, 0.1) is 11.1 Å². The molecule has 0 saturated carbocycles. The molecule has 1 rings (SSSR count). The van der Waals surface area contributed by atoms with Crippen LogP contribution in [0.3, 0.4) is 0 Å². The maximum absolute atomic E-state index is 11.0. The third-order valence-corrected chi connectivity index (χ3v) is 2.75. The normalized spacial score (nSPS) is 11.7. The number of ether oxygens (including phenoxy) is 2. The van der Waals surface area contributed by atoms with Crippen molar-refractivity contribution in [3.8, 4) is 11.5 Å². The number of halogens is 1. The van der Waals surface area contributed by atoms with E-state index in [0.717, 1.165) is 0 Å². The maximum atomic E-state index is 11.0. The zero-order valence-corrected chi connectivity index (χ0v) is 11.7. The summed E-state index contributed by atoms with van der Waals surface area (Å²) < 4.78 is 11.3. The minimum Gasteiger partial charge on any atom is -0.490 e. The van der Waals surface area contributed by atoms with Crippen molar-refractivity contribution in [3.05, 3.63) is 22.2 Å². The smallest absolute Gasteiger partial charge is 0.258 e. The van der Waals surface area contributed by atoms with Gasteiger partial charge in [0.2, 0.25) is 0 Å². The van der Waals surface area contributed by atoms with Crippen LogP contribution >= 0.6 is 15.9 Å². The highest BCUT2D eigenvalue weighted by molar-refractivity contribution is 9.10. The van der Waals surface area contributed by atoms with Crippen molar-refractivity contribution in [2.24, 2.45) is 5.73 Å². The number of nitrogens with two attached hydrogens (primary N) is 1. The standard InChI is InChI=1S/C12H14BrNO4/c1-3-17-10-5-8(6-15)4-9(13)11(10)18-7(2)12(14)16/h4-7H,3H2,1-2H3,(H2,14,16). The van der Waals surface area contributed by atoms with Crippen molar-refractivity contribution in [1.82, 2.24) is 0 Å². The van der Waals surface area contributed by atoms with Crippen LogP contribution in [0, 0.1) is 0 Å². The molecule has 98 valence electrons. The number of rotatable bonds is 6. The molecular weight excluding hydrogens is 302 g/mol. The summed E-state index contributed by atoms with van der Waals surface area (Å²) in [5, 5.41) is 0. The van der Waals surface area contributed by atoms with Gasteiger partial charge in [-0.05, 0) is 41.9 Å². The first-order valence-corrected chi connectivity index (χ1v) is 6.16. The summed E-state index contributed by atoms with van der Waals surface area (Å²) in [6.45, 7) is 3.76. The second kappa shape index (κ2) is 6.39. The minimum absolute atomic E-state index is 0.355. The van der Waals surface area contributed by atoms with E-state index in [2.05, 4.69) is 15.9 Å². The van der Waals surface area contributed by atoms with Crippen LogP contribution in [0.15, 0.2) is 16.6 Å². The summed E-state index contributed by atoms with van der Waals surface area (Å²) >= 11 is 3.27. The van der Waals surface area contributed by atoms with Gasteiger partial charge in [-0.25, -0.2) is 0 Å². The van der Waals surface area contributed by atoms with E-state index in [0.29, 0.717) is 34.4 Å². The van der Waals surface area contributed by atoms with E-state index < -0.39 is 12.0 Å². The lowest BCUT2D eigenvalue weighted by atomic mass is 10.2. The Morgan fingerprint density at radius 1 is 1.56 bits per heavy atom. The third kappa shape index (κ3) is 3.46. The van der Waals surface area contributed by atoms with Gasteiger partial charge in [0.15, 0.2) is 17.6 Å². The largest absolute Gasteiger partial charge is 0.490 e. The Bertz CT molecular complexity index is 462. The van der Waals surface area contributed by atoms with Crippen molar-refractivity contribution in [3.63, 3.8) is 0 Å². The molecule has 0 radical (unpaired) electrons. The van der Waals surface area contributed by atoms with Crippen molar-refractivity contribution < 1.29 is 19.1 Å². The molecule has 6 heteroatoms. The van der Waals surface area contributed by atoms with Crippen LogP contribution in [0.1, 0.15) is 24.2 Å². The fraction of sp³-hybridized carbons (Fsp3) is 0.333. The lowest BCUT2D eigenvalue weighted by Crippen LogP contribution is -2.30. The average Bonchev–Trinajstić information content (AvgIpc) is 2.32. The van der Waals surface area contributed by atoms with Gasteiger partial charge >= 0.3 is 0 Å². The zero-order chi connectivity index (χ0) is 13.7. The summed E-state index contributed by atoms with van der Waals surface area (Å²) in [7, 11) is 0. The zero-order valence-electron chi connectivity index (χ0n) is 10.1. The van der Waals surface area contributed by atoms with E-state index in [9.17, 15) is 9.59 Å². The molecule has 0 aliphatic rings. The summed E-state index contributed by atoms with van der Waals surface area (Å²) in [6, 6.07) is 3.13. The molecule has 1 aromatic rings. The number of hydrogen-bond acceptors (Lipinski definition) is 4. The molecule has 0 bridgehead atoms. The van der Waals surface area contributed by atoms with E-state index in [1.54, 1.807) is 12.1 Å². The van der Waals surface area contributed by atoms with Crippen LogP contribution in [-0.4, -0.2) is 24.9 Å². The predicted octanol–water partition coefficient (Wildman–Crippen LogP) is 1.91. The number of amides is 1. The van der Waals surface area contributed by atoms with Crippen LogP contribution in [-0.2, 0) is 4.79 Å². The van der Waals surface area contributed by atoms with Gasteiger partial charge in [0, 0.05) is 5.56 Å². The van der Waals surface area contributed by atoms with Gasteiger partial charge in [-0.3, -0.25) is 9.59 Å². The van der Waals surface area contributed by atoms with Crippen molar-refractivity contribution in [1.29, 1.82) is 0 Å². The summed E-state index contributed by atoms with van der Waals surface area (Å²) in [4.78, 5) is 21.8. The highest BCUT2D eigenvalue weighted by Crippen LogP contribution is 2.37. The van der Waals surface area contributed by atoms with E-state index in [1.807, 2.05) is 6.92 Å². The fourth-order valence-electron chi connectivity index (χ4n) is 1.27. The number of carbonyl (C=O) groups is 2. The maximum Gasteiger partial charge on any atom is 0.258 e. The predicted molar refractivity (Wildman–Crippen MR) is 70.0 cm³/mol. The second-order valence-corrected chi connectivity index (χ2v) is 4.40. The Kier molecular flexibility index (Phi) is 5.15. The summed E-state index contributed by atoms with van der Waals surface area (Å²) in [5.41, 5.74) is 5.59. The Morgan fingerprint density at radius 3 is 2.72 bits per heavy atom. The molecule has 0 aromatic heterocycles. The average molecular weight is 316 g/mol. The van der Waals surface area contributed by atoms with Gasteiger partial charge in [-0.1, -0.05) is 0 Å². The minimum atomic E-state index is -0.789. The first-order chi connectivity index (χ1) is 8.49. The Balaban J connectivity index is 3.15. The first kappa shape index (κ1) is 14.5. The summed E-state index contributed by atoms with van der Waals surface area (Å²) in [6.07, 6.45) is -0.0863. The molecule has 1 atom stereocenters. The Morgan fingerprint density at radius 2 is 2.22 bits per heavy atom. The lowest BCUT2D eigenvalue weighted by Gasteiger charge is -2.17. The van der Waals surface area contributed by atoms with Gasteiger partial charge in [-0.15, -0.1) is 0 Å². The molecule has 0 aliphatic carbocycles. The van der Waals surface area contributed by atoms with Gasteiger partial charge in [0.1, 0.15) is 6.29 Å². The monoisotopic (exact) mass is 315 g/mol. The molecule has 0 heterocycles. The second-order valence-electron chi connectivity index (χ2n) is 3.54. The van der Waals surface area contributed by atoms with Crippen LogP contribution in [0.4, 0.5) is 0 Å². The van der Waals surface area contributed by atoms with Crippen molar-refractivity contribution in [2.45, 2.75) is 20.0 Å². The van der Waals surface area contributed by atoms with Gasteiger partial charge < -0.3 is 15.2 Å². The van der Waals surface area contributed by atoms with Crippen LogP contribution in [0.5, 0.6) is 11.5 Å². The molecule has 1 amide bonds. The van der Waals surface area contributed by atoms with E-state index in [1.165, 1.54) is 6.92 Å². The lowest BCUT2D eigenvalue weighted by molar-refractivity contribution is -0.124. The van der Waals surface area contributed by atoms with Gasteiger partial charge in [0.25, 0.3) is 5.91 Å². The number of aldehydes is 1. The molecule has 0 aliphatic heterocycles. The molecule has 18 heavy (non-hydrogen) atoms. The molecule has 0 spiro atoms. The topological polar surface area (TPSA) is 78.6 Å². The highest BCUT2D eigenvalue weighted by Gasteiger charge is 2.17. The van der Waals surface area contributed by atoms with E-state index in [-0.39, 0.29) is 0 Å². The fourth-order valence-corrected chi connectivity index (χ4v) is 1.82. The number of carbonyl (C=O) groups excluding carboxylic acids is 2. The van der Waals surface area contributed by atoms with E-state index in [4.69, 9.17) is 15.2 Å². The molecule has 2 N–H and O–H groups in total. The molecular formula is C12H14BrNO4. The summed E-state index contributed by atoms with van der Waals surface area (Å²) in [5.74, 6) is 0.166. The van der Waals surface area contributed by atoms with Crippen LogP contribution in [0.2, 0.25) is 0 Å². The number of hydrogen-bond donors (Lipinski definition) is 1. The quantitative estimate of drug-likeness (QED) is 0.813. The van der Waals surface area contributed by atoms with E-state index >= 15 is 0 Å².